The highest BCUT2D eigenvalue weighted by atomic mass is 35.5. The van der Waals surface area contributed by atoms with Gasteiger partial charge in [0.15, 0.2) is 11.4 Å². The van der Waals surface area contributed by atoms with E-state index in [1.54, 1.807) is 6.07 Å². The van der Waals surface area contributed by atoms with E-state index in [2.05, 4.69) is 30.9 Å². The second-order valence-corrected chi connectivity index (χ2v) is 10.3. The summed E-state index contributed by atoms with van der Waals surface area (Å²) < 4.78 is 83.1. The smallest absolute Gasteiger partial charge is 0.373 e. The maximum atomic E-state index is 13.9. The Balaban J connectivity index is 1.44. The van der Waals surface area contributed by atoms with Gasteiger partial charge in [0.1, 0.15) is 17.6 Å². The van der Waals surface area contributed by atoms with E-state index in [4.69, 9.17) is 11.6 Å². The molecule has 3 heterocycles. The first-order valence-electron chi connectivity index (χ1n) is 12.6. The Morgan fingerprint density at radius 2 is 1.74 bits per heavy atom. The van der Waals surface area contributed by atoms with Crippen LogP contribution in [-0.4, -0.2) is 31.1 Å². The number of nitriles is 1. The monoisotopic (exact) mass is 614 g/mol. The Hall–Kier alpha value is -4.90. The lowest BCUT2D eigenvalue weighted by Gasteiger charge is -2.21. The van der Waals surface area contributed by atoms with E-state index in [1.165, 1.54) is 42.7 Å². The second-order valence-electron chi connectivity index (χ2n) is 9.88. The zero-order chi connectivity index (χ0) is 30.5. The van der Waals surface area contributed by atoms with Gasteiger partial charge in [-0.25, -0.2) is 18.4 Å². The van der Waals surface area contributed by atoms with E-state index in [0.717, 1.165) is 16.9 Å². The molecule has 6 rings (SSSR count). The summed E-state index contributed by atoms with van der Waals surface area (Å²) in [6.07, 6.45) is -1.30. The average Bonchev–Trinajstić information content (AvgIpc) is 3.66. The minimum absolute atomic E-state index is 0.0388. The van der Waals surface area contributed by atoms with Gasteiger partial charge in [-0.2, -0.15) is 22.8 Å². The number of hydrogen-bond donors (Lipinski definition) is 2. The third-order valence-corrected chi connectivity index (χ3v) is 7.41. The van der Waals surface area contributed by atoms with Gasteiger partial charge in [0.25, 0.3) is 0 Å². The van der Waals surface area contributed by atoms with Crippen molar-refractivity contribution in [2.24, 2.45) is 0 Å². The summed E-state index contributed by atoms with van der Waals surface area (Å²) in [4.78, 5) is 7.59. The predicted octanol–water partition coefficient (Wildman–Crippen LogP) is 7.16. The summed E-state index contributed by atoms with van der Waals surface area (Å²) in [6.45, 7) is 0. The molecule has 0 bridgehead atoms. The van der Waals surface area contributed by atoms with Gasteiger partial charge in [0, 0.05) is 23.3 Å². The first kappa shape index (κ1) is 28.2. The molecule has 0 saturated heterocycles. The van der Waals surface area contributed by atoms with Crippen LogP contribution in [0.3, 0.4) is 0 Å². The third-order valence-electron chi connectivity index (χ3n) is 7.12. The number of benzene rings is 2. The summed E-state index contributed by atoms with van der Waals surface area (Å²) in [5, 5.41) is 24.0. The highest BCUT2D eigenvalue weighted by molar-refractivity contribution is 6.36. The number of pyridine rings is 2. The molecule has 0 radical (unpaired) electrons. The topological polar surface area (TPSA) is 104 Å². The Labute approximate surface area is 243 Å². The Morgan fingerprint density at radius 3 is 2.40 bits per heavy atom. The van der Waals surface area contributed by atoms with Crippen molar-refractivity contribution in [3.63, 3.8) is 0 Å². The van der Waals surface area contributed by atoms with Crippen molar-refractivity contribution in [1.82, 2.24) is 25.0 Å². The number of hydrogen-bond acceptors (Lipinski definition) is 7. The molecule has 1 saturated carbocycles. The van der Waals surface area contributed by atoms with E-state index < -0.39 is 35.3 Å². The molecule has 1 atom stereocenters. The second kappa shape index (κ2) is 10.4. The van der Waals surface area contributed by atoms with Crippen molar-refractivity contribution >= 4 is 39.6 Å². The maximum absolute atomic E-state index is 13.9. The SMILES string of the molecule is N#Cc1cnc2c(Cl)cc(N[C@@H](c3ccc(F)cc3)c3cn(C4(C(F)(F)F)CC4)nn3)cc2c1Nc1cnc(F)c(F)c1. The lowest BCUT2D eigenvalue weighted by molar-refractivity contribution is -0.182. The van der Waals surface area contributed by atoms with Gasteiger partial charge in [-0.05, 0) is 42.7 Å². The van der Waals surface area contributed by atoms with Gasteiger partial charge in [0.05, 0.1) is 45.9 Å². The van der Waals surface area contributed by atoms with Crippen LogP contribution in [0.4, 0.5) is 43.4 Å². The van der Waals surface area contributed by atoms with Crippen molar-refractivity contribution in [3.05, 3.63) is 100 Å². The number of anilines is 3. The number of alkyl halides is 3. The minimum atomic E-state index is -4.53. The third kappa shape index (κ3) is 5.16. The van der Waals surface area contributed by atoms with Gasteiger partial charge in [0.2, 0.25) is 5.95 Å². The van der Waals surface area contributed by atoms with Crippen LogP contribution in [0.15, 0.2) is 61.1 Å². The maximum Gasteiger partial charge on any atom is 0.413 e. The molecule has 0 unspecified atom stereocenters. The zero-order valence-electron chi connectivity index (χ0n) is 21.6. The molecule has 5 aromatic rings. The molecular formula is C28H17ClF6N8. The zero-order valence-corrected chi connectivity index (χ0v) is 22.4. The van der Waals surface area contributed by atoms with Crippen molar-refractivity contribution in [1.29, 1.82) is 5.26 Å². The van der Waals surface area contributed by atoms with Crippen LogP contribution in [0.2, 0.25) is 5.02 Å². The molecule has 0 aliphatic heterocycles. The number of fused-ring (bicyclic) bond motifs is 1. The van der Waals surface area contributed by atoms with Crippen LogP contribution in [0.25, 0.3) is 10.9 Å². The largest absolute Gasteiger partial charge is 0.413 e. The van der Waals surface area contributed by atoms with E-state index in [-0.39, 0.29) is 46.0 Å². The average molecular weight is 615 g/mol. The first-order valence-corrected chi connectivity index (χ1v) is 13.0. The predicted molar refractivity (Wildman–Crippen MR) is 144 cm³/mol. The van der Waals surface area contributed by atoms with E-state index in [0.29, 0.717) is 16.6 Å². The fourth-order valence-electron chi connectivity index (χ4n) is 4.73. The molecule has 1 fully saturated rings. The van der Waals surface area contributed by atoms with Crippen LogP contribution in [0, 0.1) is 28.9 Å². The minimum Gasteiger partial charge on any atom is -0.373 e. The normalized spacial score (nSPS) is 14.7. The number of halogens is 7. The molecule has 218 valence electrons. The Kier molecular flexibility index (Phi) is 6.84. The summed E-state index contributed by atoms with van der Waals surface area (Å²) in [7, 11) is 0. The lowest BCUT2D eigenvalue weighted by Crippen LogP contribution is -2.35. The van der Waals surface area contributed by atoms with Crippen molar-refractivity contribution in [2.45, 2.75) is 30.6 Å². The number of nitrogens with zero attached hydrogens (tertiary/aromatic N) is 6. The molecule has 43 heavy (non-hydrogen) atoms. The van der Waals surface area contributed by atoms with Gasteiger partial charge >= 0.3 is 6.18 Å². The summed E-state index contributed by atoms with van der Waals surface area (Å²) in [6, 6.07) is 10.3. The summed E-state index contributed by atoms with van der Waals surface area (Å²) >= 11 is 6.56. The van der Waals surface area contributed by atoms with Crippen molar-refractivity contribution in [3.8, 4) is 6.07 Å². The van der Waals surface area contributed by atoms with E-state index in [1.807, 2.05) is 6.07 Å². The van der Waals surface area contributed by atoms with Gasteiger partial charge < -0.3 is 10.6 Å². The molecule has 8 nitrogen and oxygen atoms in total. The van der Waals surface area contributed by atoms with Crippen LogP contribution in [-0.2, 0) is 5.54 Å². The molecule has 2 N–H and O–H groups in total. The molecule has 1 aliphatic rings. The van der Waals surface area contributed by atoms with Crippen LogP contribution >= 0.6 is 11.6 Å². The summed E-state index contributed by atoms with van der Waals surface area (Å²) in [5.74, 6) is -3.03. The number of aromatic nitrogens is 5. The summed E-state index contributed by atoms with van der Waals surface area (Å²) in [5.41, 5.74) is -0.730. The van der Waals surface area contributed by atoms with E-state index >= 15 is 0 Å². The van der Waals surface area contributed by atoms with Gasteiger partial charge in [-0.15, -0.1) is 5.10 Å². The Morgan fingerprint density at radius 1 is 1.00 bits per heavy atom. The molecule has 2 aromatic carbocycles. The standard InChI is InChI=1S/C28H17ClF6N8/c29-20-8-17(7-19-23(15(10-36)11-37-25(19)20)40-18-9-21(31)26(32)38-12-18)39-24(14-1-3-16(30)4-2-14)22-13-43(42-41-22)27(5-6-27)28(33,34)35/h1-4,7-9,11-13,24,39H,5-6H2,(H,37,40)/t24-/m0/s1. The molecule has 15 heteroatoms. The van der Waals surface area contributed by atoms with Crippen LogP contribution < -0.4 is 10.6 Å². The molecule has 1 aliphatic carbocycles. The van der Waals surface area contributed by atoms with E-state index in [9.17, 15) is 31.6 Å². The van der Waals surface area contributed by atoms with Gasteiger partial charge in [-0.3, -0.25) is 4.98 Å². The first-order chi connectivity index (χ1) is 20.5. The fraction of sp³-hybridized carbons (Fsp3) is 0.179. The Bertz CT molecular complexity index is 1900. The van der Waals surface area contributed by atoms with Crippen molar-refractivity contribution in [2.75, 3.05) is 10.6 Å². The quantitative estimate of drug-likeness (QED) is 0.148. The highest BCUT2D eigenvalue weighted by Gasteiger charge is 2.66. The fourth-order valence-corrected chi connectivity index (χ4v) is 4.99. The number of rotatable bonds is 7. The van der Waals surface area contributed by atoms with Crippen LogP contribution in [0.1, 0.15) is 35.7 Å². The molecule has 3 aromatic heterocycles. The molecular weight excluding hydrogens is 598 g/mol. The number of nitrogens with one attached hydrogen (secondary N) is 2. The van der Waals surface area contributed by atoms with Gasteiger partial charge in [-0.1, -0.05) is 28.9 Å². The van der Waals surface area contributed by atoms with Crippen molar-refractivity contribution < 1.29 is 26.3 Å². The molecule has 0 amide bonds. The van der Waals surface area contributed by atoms with Crippen LogP contribution in [0.5, 0.6) is 0 Å². The molecule has 0 spiro atoms. The highest BCUT2D eigenvalue weighted by Crippen LogP contribution is 2.55. The lowest BCUT2D eigenvalue weighted by atomic mass is 10.0.